The van der Waals surface area contributed by atoms with E-state index in [1.807, 2.05) is 18.2 Å². The van der Waals surface area contributed by atoms with Gasteiger partial charge < -0.3 is 9.88 Å². The van der Waals surface area contributed by atoms with E-state index in [4.69, 9.17) is 11.6 Å². The third kappa shape index (κ3) is 3.23. The van der Waals surface area contributed by atoms with Gasteiger partial charge in [0.15, 0.2) is 0 Å². The number of H-pyrrole nitrogens is 1. The summed E-state index contributed by atoms with van der Waals surface area (Å²) >= 11 is 6.05. The van der Waals surface area contributed by atoms with Gasteiger partial charge in [-0.15, -0.1) is 0 Å². The first-order valence-electron chi connectivity index (χ1n) is 5.76. The molecule has 0 saturated heterocycles. The van der Waals surface area contributed by atoms with Gasteiger partial charge in [-0.2, -0.15) is 0 Å². The molecule has 5 heteroatoms. The minimum atomic E-state index is -0.294. The van der Waals surface area contributed by atoms with Crippen molar-refractivity contribution in [1.29, 1.82) is 0 Å². The first-order valence-corrected chi connectivity index (χ1v) is 6.14. The number of nitrogens with one attached hydrogen (secondary N) is 1. The van der Waals surface area contributed by atoms with Crippen LogP contribution in [0.15, 0.2) is 47.3 Å². The van der Waals surface area contributed by atoms with E-state index in [1.54, 1.807) is 25.2 Å². The van der Waals surface area contributed by atoms with Crippen molar-refractivity contribution in [2.24, 2.45) is 0 Å². The van der Waals surface area contributed by atoms with Crippen molar-refractivity contribution in [3.8, 4) is 0 Å². The molecular formula is C14H13ClN2O2. The van der Waals surface area contributed by atoms with Gasteiger partial charge in [0.1, 0.15) is 5.69 Å². The Morgan fingerprint density at radius 3 is 2.63 bits per heavy atom. The molecule has 19 heavy (non-hydrogen) atoms. The molecule has 0 atom stereocenters. The Kier molecular flexibility index (Phi) is 4.02. The second-order valence-electron chi connectivity index (χ2n) is 4.18. The van der Waals surface area contributed by atoms with Crippen LogP contribution in [0.3, 0.4) is 0 Å². The van der Waals surface area contributed by atoms with Crippen LogP contribution < -0.4 is 5.56 Å². The van der Waals surface area contributed by atoms with Crippen LogP contribution in [0.25, 0.3) is 0 Å². The van der Waals surface area contributed by atoms with Crippen molar-refractivity contribution in [2.75, 3.05) is 7.05 Å². The van der Waals surface area contributed by atoms with Crippen LogP contribution in [0.2, 0.25) is 5.02 Å². The fourth-order valence-electron chi connectivity index (χ4n) is 1.73. The number of nitrogens with zero attached hydrogens (tertiary/aromatic N) is 1. The lowest BCUT2D eigenvalue weighted by Crippen LogP contribution is -2.28. The smallest absolute Gasteiger partial charge is 0.270 e. The molecule has 1 amide bonds. The number of hydrogen-bond acceptors (Lipinski definition) is 2. The van der Waals surface area contributed by atoms with Crippen molar-refractivity contribution >= 4 is 17.5 Å². The number of aromatic nitrogens is 1. The molecule has 0 bridgehead atoms. The van der Waals surface area contributed by atoms with E-state index in [0.717, 1.165) is 5.56 Å². The number of rotatable bonds is 3. The summed E-state index contributed by atoms with van der Waals surface area (Å²) < 4.78 is 0. The number of pyridine rings is 1. The third-order valence-electron chi connectivity index (χ3n) is 2.71. The molecule has 0 spiro atoms. The summed E-state index contributed by atoms with van der Waals surface area (Å²) in [7, 11) is 1.66. The number of aromatic amines is 1. The fourth-order valence-corrected chi connectivity index (χ4v) is 1.93. The Balaban J connectivity index is 2.16. The van der Waals surface area contributed by atoms with Gasteiger partial charge in [-0.3, -0.25) is 9.59 Å². The van der Waals surface area contributed by atoms with E-state index in [-0.39, 0.29) is 17.2 Å². The highest BCUT2D eigenvalue weighted by atomic mass is 35.5. The molecule has 0 aliphatic carbocycles. The molecule has 0 fully saturated rings. The maximum atomic E-state index is 12.1. The van der Waals surface area contributed by atoms with Gasteiger partial charge in [0.05, 0.1) is 0 Å². The third-order valence-corrected chi connectivity index (χ3v) is 3.08. The van der Waals surface area contributed by atoms with Crippen molar-refractivity contribution in [3.05, 3.63) is 69.1 Å². The number of hydrogen-bond donors (Lipinski definition) is 1. The summed E-state index contributed by atoms with van der Waals surface area (Å²) in [6, 6.07) is 11.8. The highest BCUT2D eigenvalue weighted by molar-refractivity contribution is 6.31. The lowest BCUT2D eigenvalue weighted by atomic mass is 10.2. The van der Waals surface area contributed by atoms with E-state index >= 15 is 0 Å². The minimum Gasteiger partial charge on any atom is -0.336 e. The van der Waals surface area contributed by atoms with Crippen LogP contribution in [-0.4, -0.2) is 22.8 Å². The molecule has 1 aromatic carbocycles. The molecule has 4 nitrogen and oxygen atoms in total. The molecule has 0 saturated carbocycles. The quantitative estimate of drug-likeness (QED) is 0.935. The summed E-state index contributed by atoms with van der Waals surface area (Å²) in [5.41, 5.74) is 0.831. The van der Waals surface area contributed by atoms with E-state index in [1.165, 1.54) is 11.0 Å². The van der Waals surface area contributed by atoms with Gasteiger partial charge in [-0.05, 0) is 17.7 Å². The molecule has 0 aliphatic heterocycles. The summed E-state index contributed by atoms with van der Waals surface area (Å²) in [5.74, 6) is -0.252. The number of amides is 1. The molecule has 0 unspecified atom stereocenters. The molecule has 1 N–H and O–H groups in total. The van der Waals surface area contributed by atoms with Gasteiger partial charge in [0.2, 0.25) is 5.56 Å². The standard InChI is InChI=1S/C14H13ClN2O2/c1-17(9-10-5-2-3-6-11(10)15)14(19)12-7-4-8-13(18)16-12/h2-8H,9H2,1H3,(H,16,18). The fraction of sp³-hybridized carbons (Fsp3) is 0.143. The van der Waals surface area contributed by atoms with Gasteiger partial charge in [-0.25, -0.2) is 0 Å². The molecule has 2 aromatic rings. The molecule has 0 aliphatic rings. The van der Waals surface area contributed by atoms with Crippen LogP contribution in [0.4, 0.5) is 0 Å². The zero-order valence-electron chi connectivity index (χ0n) is 10.4. The maximum Gasteiger partial charge on any atom is 0.270 e. The normalized spacial score (nSPS) is 10.2. The number of halogens is 1. The van der Waals surface area contributed by atoms with E-state index in [0.29, 0.717) is 11.6 Å². The Bertz CT molecular complexity index is 652. The first-order chi connectivity index (χ1) is 9.08. The maximum absolute atomic E-state index is 12.1. The van der Waals surface area contributed by atoms with Crippen molar-refractivity contribution in [2.45, 2.75) is 6.54 Å². The van der Waals surface area contributed by atoms with Gasteiger partial charge >= 0.3 is 0 Å². The average molecular weight is 277 g/mol. The Labute approximate surface area is 115 Å². The Morgan fingerprint density at radius 2 is 1.95 bits per heavy atom. The lowest BCUT2D eigenvalue weighted by Gasteiger charge is -2.17. The monoisotopic (exact) mass is 276 g/mol. The van der Waals surface area contributed by atoms with E-state index in [9.17, 15) is 9.59 Å². The van der Waals surface area contributed by atoms with Crippen molar-refractivity contribution < 1.29 is 4.79 Å². The van der Waals surface area contributed by atoms with Gasteiger partial charge in [0.25, 0.3) is 5.91 Å². The average Bonchev–Trinajstić information content (AvgIpc) is 2.40. The molecule has 0 radical (unpaired) electrons. The zero-order valence-corrected chi connectivity index (χ0v) is 11.1. The van der Waals surface area contributed by atoms with E-state index in [2.05, 4.69) is 4.98 Å². The molecule has 2 rings (SSSR count). The zero-order chi connectivity index (χ0) is 13.8. The second-order valence-corrected chi connectivity index (χ2v) is 4.59. The Morgan fingerprint density at radius 1 is 1.21 bits per heavy atom. The van der Waals surface area contributed by atoms with Crippen LogP contribution in [-0.2, 0) is 6.54 Å². The topological polar surface area (TPSA) is 53.2 Å². The molecule has 98 valence electrons. The molecule has 1 heterocycles. The lowest BCUT2D eigenvalue weighted by molar-refractivity contribution is 0.0779. The molecule has 1 aromatic heterocycles. The SMILES string of the molecule is CN(Cc1ccccc1Cl)C(=O)c1cccc(=O)[nH]1. The predicted octanol–water partition coefficient (Wildman–Crippen LogP) is 2.30. The number of carbonyl (C=O) groups is 1. The number of benzene rings is 1. The number of carbonyl (C=O) groups excluding carboxylic acids is 1. The van der Waals surface area contributed by atoms with Gasteiger partial charge in [-0.1, -0.05) is 35.9 Å². The van der Waals surface area contributed by atoms with Crippen LogP contribution in [0.1, 0.15) is 16.1 Å². The molecular weight excluding hydrogens is 264 g/mol. The summed E-state index contributed by atoms with van der Waals surface area (Å²) in [5, 5.41) is 0.615. The highest BCUT2D eigenvalue weighted by Gasteiger charge is 2.13. The van der Waals surface area contributed by atoms with Crippen molar-refractivity contribution in [3.63, 3.8) is 0 Å². The summed E-state index contributed by atoms with van der Waals surface area (Å²) in [6.45, 7) is 0.384. The highest BCUT2D eigenvalue weighted by Crippen LogP contribution is 2.17. The van der Waals surface area contributed by atoms with E-state index < -0.39 is 0 Å². The van der Waals surface area contributed by atoms with Crippen molar-refractivity contribution in [1.82, 2.24) is 9.88 Å². The second kappa shape index (κ2) is 5.71. The largest absolute Gasteiger partial charge is 0.336 e. The van der Waals surface area contributed by atoms with Crippen LogP contribution in [0, 0.1) is 0 Å². The minimum absolute atomic E-state index is 0.252. The summed E-state index contributed by atoms with van der Waals surface area (Å²) in [6.07, 6.45) is 0. The Hall–Kier alpha value is -2.07. The van der Waals surface area contributed by atoms with Crippen LogP contribution >= 0.6 is 11.6 Å². The first kappa shape index (κ1) is 13.4. The van der Waals surface area contributed by atoms with Crippen LogP contribution in [0.5, 0.6) is 0 Å². The predicted molar refractivity (Wildman–Crippen MR) is 74.3 cm³/mol. The van der Waals surface area contributed by atoms with Gasteiger partial charge in [0, 0.05) is 24.7 Å². The summed E-state index contributed by atoms with van der Waals surface area (Å²) in [4.78, 5) is 27.3.